The molecule has 1 aromatic heterocycles. The lowest BCUT2D eigenvalue weighted by molar-refractivity contribution is 0.230. The number of piperidine rings is 1. The van der Waals surface area contributed by atoms with Gasteiger partial charge < -0.3 is 15.3 Å². The third-order valence-electron chi connectivity index (χ3n) is 3.63. The highest BCUT2D eigenvalue weighted by molar-refractivity contribution is 7.08. The van der Waals surface area contributed by atoms with Gasteiger partial charge in [-0.3, -0.25) is 0 Å². The number of hydrogen-bond donors (Lipinski definition) is 2. The van der Waals surface area contributed by atoms with E-state index in [0.29, 0.717) is 18.6 Å². The Balaban J connectivity index is 1.97. The third kappa shape index (κ3) is 3.70. The van der Waals surface area contributed by atoms with Gasteiger partial charge in [0.25, 0.3) is 0 Å². The van der Waals surface area contributed by atoms with Crippen molar-refractivity contribution in [2.24, 2.45) is 5.92 Å². The van der Waals surface area contributed by atoms with Gasteiger partial charge >= 0.3 is 0 Å². The number of rotatable bonds is 6. The molecular weight excluding hydrogens is 244 g/mol. The van der Waals surface area contributed by atoms with Crippen molar-refractivity contribution in [3.63, 3.8) is 0 Å². The van der Waals surface area contributed by atoms with Crippen LogP contribution in [0.25, 0.3) is 0 Å². The molecule has 0 bridgehead atoms. The molecule has 0 aromatic carbocycles. The summed E-state index contributed by atoms with van der Waals surface area (Å²) in [5.41, 5.74) is 1.34. The fourth-order valence-corrected chi connectivity index (χ4v) is 3.40. The number of aliphatic hydroxyl groups excluding tert-OH is 1. The maximum absolute atomic E-state index is 9.16. The van der Waals surface area contributed by atoms with E-state index in [1.807, 2.05) is 0 Å². The summed E-state index contributed by atoms with van der Waals surface area (Å²) in [7, 11) is 0. The lowest BCUT2D eigenvalue weighted by atomic mass is 9.91. The smallest absolute Gasteiger partial charge is 0.0475 e. The van der Waals surface area contributed by atoms with E-state index in [0.717, 1.165) is 26.1 Å². The van der Waals surface area contributed by atoms with Crippen molar-refractivity contribution in [2.45, 2.75) is 32.2 Å². The quantitative estimate of drug-likeness (QED) is 0.831. The highest BCUT2D eigenvalue weighted by Crippen LogP contribution is 2.26. The van der Waals surface area contributed by atoms with Gasteiger partial charge in [0, 0.05) is 36.8 Å². The molecule has 1 fully saturated rings. The number of anilines is 1. The van der Waals surface area contributed by atoms with Crippen LogP contribution in [0.2, 0.25) is 0 Å². The predicted molar refractivity (Wildman–Crippen MR) is 78.4 cm³/mol. The van der Waals surface area contributed by atoms with Gasteiger partial charge in [-0.1, -0.05) is 6.92 Å². The Labute approximate surface area is 114 Å². The first-order valence-electron chi connectivity index (χ1n) is 6.94. The van der Waals surface area contributed by atoms with E-state index >= 15 is 0 Å². The average molecular weight is 268 g/mol. The second-order valence-corrected chi connectivity index (χ2v) is 5.93. The van der Waals surface area contributed by atoms with Gasteiger partial charge in [0.15, 0.2) is 0 Å². The first-order valence-corrected chi connectivity index (χ1v) is 7.89. The molecule has 2 rings (SSSR count). The monoisotopic (exact) mass is 268 g/mol. The molecule has 4 heteroatoms. The molecule has 0 saturated carbocycles. The summed E-state index contributed by atoms with van der Waals surface area (Å²) >= 11 is 1.76. The molecule has 18 heavy (non-hydrogen) atoms. The number of thiophene rings is 1. The van der Waals surface area contributed by atoms with Crippen LogP contribution in [0.4, 0.5) is 5.69 Å². The second-order valence-electron chi connectivity index (χ2n) is 5.15. The van der Waals surface area contributed by atoms with Crippen LogP contribution >= 0.6 is 11.3 Å². The van der Waals surface area contributed by atoms with Crippen LogP contribution in [-0.2, 0) is 0 Å². The average Bonchev–Trinajstić information content (AvgIpc) is 2.90. The van der Waals surface area contributed by atoms with E-state index in [1.54, 1.807) is 11.3 Å². The Morgan fingerprint density at radius 2 is 2.39 bits per heavy atom. The number of hydrogen-bond acceptors (Lipinski definition) is 4. The fraction of sp³-hybridized carbons (Fsp3) is 0.714. The zero-order valence-electron chi connectivity index (χ0n) is 11.1. The largest absolute Gasteiger partial charge is 0.396 e. The van der Waals surface area contributed by atoms with E-state index in [2.05, 4.69) is 34.0 Å². The van der Waals surface area contributed by atoms with Gasteiger partial charge in [0.1, 0.15) is 0 Å². The molecule has 2 atom stereocenters. The molecule has 0 aliphatic carbocycles. The van der Waals surface area contributed by atoms with Crippen molar-refractivity contribution in [3.8, 4) is 0 Å². The molecule has 0 radical (unpaired) electrons. The zero-order chi connectivity index (χ0) is 12.8. The number of nitrogens with one attached hydrogen (secondary N) is 1. The molecule has 2 heterocycles. The molecule has 1 saturated heterocycles. The second kappa shape index (κ2) is 7.12. The van der Waals surface area contributed by atoms with Crippen molar-refractivity contribution in [3.05, 3.63) is 16.8 Å². The van der Waals surface area contributed by atoms with E-state index in [-0.39, 0.29) is 0 Å². The minimum Gasteiger partial charge on any atom is -0.396 e. The molecule has 102 valence electrons. The summed E-state index contributed by atoms with van der Waals surface area (Å²) in [4.78, 5) is 2.47. The van der Waals surface area contributed by atoms with Crippen molar-refractivity contribution >= 4 is 17.0 Å². The summed E-state index contributed by atoms with van der Waals surface area (Å²) in [6.45, 7) is 5.79. The minimum absolute atomic E-state index is 0.308. The molecule has 0 amide bonds. The van der Waals surface area contributed by atoms with E-state index in [1.165, 1.54) is 18.5 Å². The van der Waals surface area contributed by atoms with Gasteiger partial charge in [0.2, 0.25) is 0 Å². The molecule has 0 spiro atoms. The Hall–Kier alpha value is -0.580. The van der Waals surface area contributed by atoms with Crippen LogP contribution in [0.15, 0.2) is 16.8 Å². The lowest BCUT2D eigenvalue weighted by Crippen LogP contribution is -2.49. The number of nitrogens with zero attached hydrogens (tertiary/aromatic N) is 1. The van der Waals surface area contributed by atoms with Crippen LogP contribution in [-0.4, -0.2) is 37.4 Å². The van der Waals surface area contributed by atoms with Crippen LogP contribution in [0.3, 0.4) is 0 Å². The minimum atomic E-state index is 0.308. The van der Waals surface area contributed by atoms with Gasteiger partial charge in [-0.05, 0) is 43.2 Å². The Bertz CT molecular complexity index is 329. The van der Waals surface area contributed by atoms with Gasteiger partial charge in [-0.15, -0.1) is 0 Å². The SMILES string of the molecule is CCCNC1CC(CCO)CN(c2ccsc2)C1. The Morgan fingerprint density at radius 3 is 3.06 bits per heavy atom. The Morgan fingerprint density at radius 1 is 1.50 bits per heavy atom. The molecule has 2 unspecified atom stereocenters. The molecule has 1 aliphatic heterocycles. The highest BCUT2D eigenvalue weighted by Gasteiger charge is 2.26. The summed E-state index contributed by atoms with van der Waals surface area (Å²) in [5, 5.41) is 17.2. The van der Waals surface area contributed by atoms with Crippen molar-refractivity contribution in [1.82, 2.24) is 5.32 Å². The number of aliphatic hydroxyl groups is 1. The highest BCUT2D eigenvalue weighted by atomic mass is 32.1. The van der Waals surface area contributed by atoms with E-state index in [9.17, 15) is 0 Å². The van der Waals surface area contributed by atoms with Crippen LogP contribution in [0, 0.1) is 5.92 Å². The first kappa shape index (κ1) is 13.8. The molecule has 1 aromatic rings. The lowest BCUT2D eigenvalue weighted by Gasteiger charge is -2.39. The topological polar surface area (TPSA) is 35.5 Å². The molecule has 1 aliphatic rings. The predicted octanol–water partition coefficient (Wildman–Crippen LogP) is 2.33. The van der Waals surface area contributed by atoms with E-state index in [4.69, 9.17) is 5.11 Å². The maximum atomic E-state index is 9.16. The molecule has 2 N–H and O–H groups in total. The normalized spacial score (nSPS) is 24.4. The van der Waals surface area contributed by atoms with Crippen molar-refractivity contribution in [2.75, 3.05) is 31.1 Å². The van der Waals surface area contributed by atoms with Gasteiger partial charge in [0.05, 0.1) is 0 Å². The Kier molecular flexibility index (Phi) is 5.47. The van der Waals surface area contributed by atoms with Crippen molar-refractivity contribution in [1.29, 1.82) is 0 Å². The van der Waals surface area contributed by atoms with Crippen LogP contribution in [0.1, 0.15) is 26.2 Å². The summed E-state index contributed by atoms with van der Waals surface area (Å²) in [6.07, 6.45) is 3.30. The van der Waals surface area contributed by atoms with Crippen LogP contribution in [0.5, 0.6) is 0 Å². The van der Waals surface area contributed by atoms with Crippen molar-refractivity contribution < 1.29 is 5.11 Å². The third-order valence-corrected chi connectivity index (χ3v) is 4.30. The van der Waals surface area contributed by atoms with Gasteiger partial charge in [-0.25, -0.2) is 0 Å². The molecular formula is C14H24N2OS. The molecule has 3 nitrogen and oxygen atoms in total. The fourth-order valence-electron chi connectivity index (χ4n) is 2.74. The summed E-state index contributed by atoms with van der Waals surface area (Å²) < 4.78 is 0. The summed E-state index contributed by atoms with van der Waals surface area (Å²) in [5.74, 6) is 0.609. The van der Waals surface area contributed by atoms with E-state index < -0.39 is 0 Å². The maximum Gasteiger partial charge on any atom is 0.0475 e. The van der Waals surface area contributed by atoms with Crippen LogP contribution < -0.4 is 10.2 Å². The first-order chi connectivity index (χ1) is 8.83. The summed E-state index contributed by atoms with van der Waals surface area (Å²) in [6, 6.07) is 2.76. The zero-order valence-corrected chi connectivity index (χ0v) is 12.0. The van der Waals surface area contributed by atoms with Gasteiger partial charge in [-0.2, -0.15) is 11.3 Å². The standard InChI is InChI=1S/C14H24N2OS/c1-2-5-15-13-8-12(3-6-17)9-16(10-13)14-4-7-18-11-14/h4,7,11-13,15,17H,2-3,5-6,8-10H2,1H3.